The molecule has 0 unspecified atom stereocenters. The van der Waals surface area contributed by atoms with E-state index in [0.717, 1.165) is 116 Å². The standard InChI is InChI=1S/C40H23N5O.C24H13BrN4O.C17H12/c1-2-9-26-22-34-31(20-25(26)8-1)29-11-3-5-13-33(29)45(34)36-18-17-28(23-42-36)38-37-30-12-4-6-14-35(30)46-40(37)44-39(43-38)27-16-15-24-10-7-19-41-32(24)21-27;25-20-10-9-16(13-27-20)22-21-17-5-1-2-6-19(17)30-24(21)29-23(28-22)15-8-7-14-4-3-11-26-18(14)12-15;1-2-6-13-11-17-15(9-12(13)5-1)10-14-7-3-4-8-16(14)17/h1-23H;1-13H;1-9,11H,10H2. The maximum absolute atomic E-state index is 6.29. The zero-order valence-electron chi connectivity index (χ0n) is 49.5. The molecule has 0 amide bonds. The van der Waals surface area contributed by atoms with Gasteiger partial charge in [-0.25, -0.2) is 19.9 Å². The van der Waals surface area contributed by atoms with Crippen molar-refractivity contribution in [3.63, 3.8) is 0 Å². The summed E-state index contributed by atoms with van der Waals surface area (Å²) < 4.78 is 15.4. The summed E-state index contributed by atoms with van der Waals surface area (Å²) in [5.74, 6) is 2.01. The lowest BCUT2D eigenvalue weighted by atomic mass is 10.0. The van der Waals surface area contributed by atoms with E-state index in [1.54, 1.807) is 18.6 Å². The Bertz CT molecular complexity index is 6200. The number of hydrogen-bond acceptors (Lipinski definition) is 10. The molecule has 12 heteroatoms. The van der Waals surface area contributed by atoms with Crippen LogP contribution in [0.3, 0.4) is 0 Å². The minimum Gasteiger partial charge on any atom is -0.438 e. The average molecular weight is 1260 g/mol. The molecule has 0 aliphatic heterocycles. The van der Waals surface area contributed by atoms with Gasteiger partial charge in [-0.15, -0.1) is 0 Å². The molecule has 10 aromatic carbocycles. The quantitative estimate of drug-likeness (QED) is 0.153. The lowest BCUT2D eigenvalue weighted by Crippen LogP contribution is -1.99. The predicted octanol–water partition coefficient (Wildman–Crippen LogP) is 20.7. The van der Waals surface area contributed by atoms with Gasteiger partial charge in [0.25, 0.3) is 0 Å². The molecule has 0 atom stereocenters. The molecular weight excluding hydrogens is 1210 g/mol. The van der Waals surface area contributed by atoms with Crippen LogP contribution < -0.4 is 0 Å². The van der Waals surface area contributed by atoms with Crippen molar-refractivity contribution >= 4 is 125 Å². The van der Waals surface area contributed by atoms with E-state index in [9.17, 15) is 0 Å². The summed E-state index contributed by atoms with van der Waals surface area (Å²) in [6, 6.07) is 87.6. The van der Waals surface area contributed by atoms with E-state index in [2.05, 4.69) is 181 Å². The number of benzene rings is 10. The zero-order valence-corrected chi connectivity index (χ0v) is 51.1. The summed E-state index contributed by atoms with van der Waals surface area (Å²) in [5, 5.41) is 13.4. The first-order chi connectivity index (χ1) is 46.0. The van der Waals surface area contributed by atoms with Gasteiger partial charge in [0, 0.05) is 79.4 Å². The van der Waals surface area contributed by atoms with Gasteiger partial charge in [-0.3, -0.25) is 14.5 Å². The van der Waals surface area contributed by atoms with Crippen LogP contribution in [0.2, 0.25) is 0 Å². The van der Waals surface area contributed by atoms with E-state index < -0.39 is 0 Å². The highest BCUT2D eigenvalue weighted by Gasteiger charge is 2.23. The van der Waals surface area contributed by atoms with Gasteiger partial charge in [-0.1, -0.05) is 170 Å². The van der Waals surface area contributed by atoms with Gasteiger partial charge in [-0.2, -0.15) is 9.97 Å². The van der Waals surface area contributed by atoms with E-state index in [1.165, 1.54) is 54.6 Å². The summed E-state index contributed by atoms with van der Waals surface area (Å²) in [4.78, 5) is 38.2. The first kappa shape index (κ1) is 53.9. The Balaban J connectivity index is 0.000000115. The monoisotopic (exact) mass is 1260 g/mol. The summed E-state index contributed by atoms with van der Waals surface area (Å²) in [7, 11) is 0. The molecular formula is C81H48BrN9O2. The van der Waals surface area contributed by atoms with Gasteiger partial charge in [0.2, 0.25) is 11.4 Å². The van der Waals surface area contributed by atoms with Crippen LogP contribution in [0.5, 0.6) is 0 Å². The van der Waals surface area contributed by atoms with Gasteiger partial charge in [-0.05, 0) is 151 Å². The van der Waals surface area contributed by atoms with Crippen LogP contribution >= 0.6 is 15.9 Å². The Kier molecular flexibility index (Phi) is 12.8. The Labute approximate surface area is 539 Å². The fourth-order valence-corrected chi connectivity index (χ4v) is 13.5. The fraction of sp³-hybridized carbons (Fsp3) is 0.0123. The third-order valence-corrected chi connectivity index (χ3v) is 18.1. The highest BCUT2D eigenvalue weighted by Crippen LogP contribution is 2.42. The number of nitrogens with zero attached hydrogens (tertiary/aromatic N) is 9. The van der Waals surface area contributed by atoms with E-state index in [-0.39, 0.29) is 0 Å². The van der Waals surface area contributed by atoms with Crippen LogP contribution in [0.15, 0.2) is 293 Å². The Morgan fingerprint density at radius 2 is 0.860 bits per heavy atom. The normalized spacial score (nSPS) is 11.9. The average Bonchev–Trinajstić information content (AvgIpc) is 1.67. The van der Waals surface area contributed by atoms with Crippen LogP contribution in [0, 0.1) is 0 Å². The van der Waals surface area contributed by atoms with Crippen molar-refractivity contribution in [2.45, 2.75) is 6.42 Å². The molecule has 0 N–H and O–H groups in total. The maximum atomic E-state index is 6.29. The van der Waals surface area contributed by atoms with Crippen LogP contribution in [0.1, 0.15) is 11.1 Å². The van der Waals surface area contributed by atoms with Crippen molar-refractivity contribution in [1.82, 2.24) is 44.4 Å². The molecule has 9 aromatic heterocycles. The smallest absolute Gasteiger partial charge is 0.231 e. The first-order valence-electron chi connectivity index (χ1n) is 30.7. The molecule has 0 fully saturated rings. The second-order valence-corrected chi connectivity index (χ2v) is 24.0. The third kappa shape index (κ3) is 9.50. The van der Waals surface area contributed by atoms with Gasteiger partial charge in [0.05, 0.1) is 44.2 Å². The number of rotatable bonds is 5. The summed E-state index contributed by atoms with van der Waals surface area (Å²) in [6.07, 6.45) is 8.38. The van der Waals surface area contributed by atoms with Crippen molar-refractivity contribution in [2.75, 3.05) is 0 Å². The van der Waals surface area contributed by atoms with Crippen LogP contribution in [-0.2, 0) is 6.42 Å². The van der Waals surface area contributed by atoms with Gasteiger partial charge >= 0.3 is 0 Å². The molecule has 436 valence electrons. The molecule has 0 radical (unpaired) electrons. The zero-order chi connectivity index (χ0) is 61.5. The lowest BCUT2D eigenvalue weighted by Gasteiger charge is -2.10. The van der Waals surface area contributed by atoms with E-state index >= 15 is 0 Å². The summed E-state index contributed by atoms with van der Waals surface area (Å²) in [6.45, 7) is 0. The van der Waals surface area contributed by atoms with E-state index in [4.69, 9.17) is 33.8 Å². The number of halogens is 1. The number of aromatic nitrogens is 9. The molecule has 0 saturated heterocycles. The SMILES string of the molecule is Brc1ccc(-c2nc(-c3ccc4cccnc4c3)nc3oc4ccccc4c23)cn1.c1ccc2c(c1)Cc1cc3ccccc3cc1-2.c1ccc2cc3c(cc2c1)c1ccccc1n3-c1ccc(-c2nc(-c3ccc4cccnc4c3)nc3oc4ccccc4c23)cn1. The van der Waals surface area contributed by atoms with Crippen molar-refractivity contribution in [1.29, 1.82) is 0 Å². The van der Waals surface area contributed by atoms with Crippen molar-refractivity contribution in [2.24, 2.45) is 0 Å². The largest absolute Gasteiger partial charge is 0.438 e. The molecule has 1 aliphatic carbocycles. The van der Waals surface area contributed by atoms with Gasteiger partial charge in [0.1, 0.15) is 21.6 Å². The number of para-hydroxylation sites is 3. The molecule has 1 aliphatic rings. The van der Waals surface area contributed by atoms with E-state index in [1.807, 2.05) is 115 Å². The topological polar surface area (TPSA) is 134 Å². The minimum atomic E-state index is 0.542. The number of pyridine rings is 4. The summed E-state index contributed by atoms with van der Waals surface area (Å²) in [5.41, 5.74) is 17.5. The molecule has 0 saturated carbocycles. The van der Waals surface area contributed by atoms with Crippen LogP contribution in [0.4, 0.5) is 0 Å². The Morgan fingerprint density at radius 1 is 0.344 bits per heavy atom. The molecule has 93 heavy (non-hydrogen) atoms. The van der Waals surface area contributed by atoms with Gasteiger partial charge in [0.15, 0.2) is 11.6 Å². The predicted molar refractivity (Wildman–Crippen MR) is 378 cm³/mol. The molecule has 0 spiro atoms. The molecule has 20 rings (SSSR count). The maximum Gasteiger partial charge on any atom is 0.231 e. The molecule has 9 heterocycles. The van der Waals surface area contributed by atoms with Crippen molar-refractivity contribution < 1.29 is 8.83 Å². The molecule has 19 aromatic rings. The molecule has 11 nitrogen and oxygen atoms in total. The number of hydrogen-bond donors (Lipinski definition) is 0. The highest BCUT2D eigenvalue weighted by molar-refractivity contribution is 9.10. The fourth-order valence-electron chi connectivity index (χ4n) is 13.2. The van der Waals surface area contributed by atoms with Crippen LogP contribution in [0.25, 0.3) is 172 Å². The number of fused-ring (bicyclic) bond motifs is 16. The van der Waals surface area contributed by atoms with Gasteiger partial charge < -0.3 is 8.83 Å². The second-order valence-electron chi connectivity index (χ2n) is 23.2. The Hall–Kier alpha value is -12.1. The third-order valence-electron chi connectivity index (χ3n) is 17.7. The number of furan rings is 2. The Morgan fingerprint density at radius 3 is 1.47 bits per heavy atom. The molecule has 0 bridgehead atoms. The summed E-state index contributed by atoms with van der Waals surface area (Å²) >= 11 is 3.40. The minimum absolute atomic E-state index is 0.542. The van der Waals surface area contributed by atoms with Crippen LogP contribution in [-0.4, -0.2) is 44.4 Å². The lowest BCUT2D eigenvalue weighted by molar-refractivity contribution is 0.653. The first-order valence-corrected chi connectivity index (χ1v) is 31.5. The van der Waals surface area contributed by atoms with E-state index in [0.29, 0.717) is 23.1 Å². The second kappa shape index (κ2) is 22.1. The van der Waals surface area contributed by atoms with Crippen molar-refractivity contribution in [3.05, 3.63) is 295 Å². The van der Waals surface area contributed by atoms with Crippen molar-refractivity contribution in [3.8, 4) is 62.2 Å². The highest BCUT2D eigenvalue weighted by atomic mass is 79.9.